The molecular weight excluding hydrogens is 232 g/mol. The average Bonchev–Trinajstić information content (AvgIpc) is 2.73. The highest BCUT2D eigenvalue weighted by molar-refractivity contribution is 7.19. The van der Waals surface area contributed by atoms with Gasteiger partial charge in [0, 0.05) is 14.0 Å². The molecule has 17 heavy (non-hydrogen) atoms. The molecule has 1 heterocycles. The Bertz CT molecular complexity index is 560. The van der Waals surface area contributed by atoms with Gasteiger partial charge in [-0.25, -0.2) is 4.98 Å². The predicted molar refractivity (Wildman–Crippen MR) is 71.8 cm³/mol. The number of nitrogens with zero attached hydrogens (tertiary/aromatic N) is 1. The van der Waals surface area contributed by atoms with Crippen molar-refractivity contribution in [2.24, 2.45) is 0 Å². The largest absolute Gasteiger partial charge is 0.365 e. The van der Waals surface area contributed by atoms with Crippen LogP contribution in [0.1, 0.15) is 23.0 Å². The number of nitrogens with one attached hydrogen (secondary N) is 1. The Labute approximate surface area is 105 Å². The molecule has 0 saturated carbocycles. The number of carbonyl (C=O) groups is 1. The Morgan fingerprint density at radius 2 is 2.18 bits per heavy atom. The van der Waals surface area contributed by atoms with Gasteiger partial charge in [-0.15, -0.1) is 0 Å². The van der Waals surface area contributed by atoms with Gasteiger partial charge in [0.1, 0.15) is 5.69 Å². The summed E-state index contributed by atoms with van der Waals surface area (Å²) in [4.78, 5) is 16.8. The van der Waals surface area contributed by atoms with E-state index in [4.69, 9.17) is 0 Å². The third-order valence-corrected chi connectivity index (χ3v) is 3.58. The van der Waals surface area contributed by atoms with E-state index >= 15 is 0 Å². The Kier molecular flexibility index (Phi) is 3.24. The van der Waals surface area contributed by atoms with E-state index in [9.17, 15) is 4.79 Å². The van der Waals surface area contributed by atoms with Gasteiger partial charge in [0.15, 0.2) is 10.9 Å². The van der Waals surface area contributed by atoms with Crippen LogP contribution in [-0.2, 0) is 0 Å². The van der Waals surface area contributed by atoms with Crippen molar-refractivity contribution in [3.05, 3.63) is 35.5 Å². The highest BCUT2D eigenvalue weighted by Crippen LogP contribution is 2.33. The summed E-state index contributed by atoms with van der Waals surface area (Å²) in [6.07, 6.45) is 0. The molecule has 0 amide bonds. The molecule has 0 aliphatic rings. The lowest BCUT2D eigenvalue weighted by atomic mass is 10.1. The van der Waals surface area contributed by atoms with E-state index in [2.05, 4.69) is 16.4 Å². The van der Waals surface area contributed by atoms with E-state index in [0.717, 1.165) is 15.6 Å². The van der Waals surface area contributed by atoms with Crippen LogP contribution in [0.5, 0.6) is 0 Å². The zero-order valence-electron chi connectivity index (χ0n) is 10.1. The summed E-state index contributed by atoms with van der Waals surface area (Å²) in [7, 11) is 1.81. The molecule has 0 bridgehead atoms. The van der Waals surface area contributed by atoms with Crippen LogP contribution in [0.15, 0.2) is 24.3 Å². The third kappa shape index (κ3) is 2.36. The molecule has 88 valence electrons. The molecule has 2 rings (SSSR count). The molecule has 0 saturated heterocycles. The Morgan fingerprint density at radius 1 is 1.41 bits per heavy atom. The van der Waals surface area contributed by atoms with Gasteiger partial charge in [-0.2, -0.15) is 0 Å². The summed E-state index contributed by atoms with van der Waals surface area (Å²) >= 11 is 1.51. The van der Waals surface area contributed by atoms with E-state index in [1.54, 1.807) is 6.92 Å². The molecular formula is C13H14N2OS. The van der Waals surface area contributed by atoms with Crippen molar-refractivity contribution in [1.29, 1.82) is 0 Å². The van der Waals surface area contributed by atoms with Crippen LogP contribution in [0.3, 0.4) is 0 Å². The van der Waals surface area contributed by atoms with Crippen molar-refractivity contribution in [3.63, 3.8) is 0 Å². The summed E-state index contributed by atoms with van der Waals surface area (Å²) in [5, 5.41) is 3.75. The summed E-state index contributed by atoms with van der Waals surface area (Å²) < 4.78 is 0. The number of hydrogen-bond acceptors (Lipinski definition) is 4. The molecule has 1 N–H and O–H groups in total. The molecule has 0 unspecified atom stereocenters. The van der Waals surface area contributed by atoms with Gasteiger partial charge in [0.2, 0.25) is 0 Å². The number of Topliss-reactive ketones (excluding diaryl/α,β-unsaturated/α-hetero) is 1. The lowest BCUT2D eigenvalue weighted by molar-refractivity contribution is 0.101. The van der Waals surface area contributed by atoms with Crippen LogP contribution >= 0.6 is 11.3 Å². The van der Waals surface area contributed by atoms with Crippen LogP contribution in [0, 0.1) is 6.92 Å². The first-order chi connectivity index (χ1) is 8.11. The fourth-order valence-corrected chi connectivity index (χ4v) is 2.61. The standard InChI is InChI=1S/C13H14N2OS/c1-8-5-4-6-10(7-8)12-11(9(2)16)15-13(14-3)17-12/h4-7H,1-3H3,(H,14,15). The first-order valence-electron chi connectivity index (χ1n) is 5.38. The molecule has 1 aromatic carbocycles. The van der Waals surface area contributed by atoms with Gasteiger partial charge in [0.05, 0.1) is 4.88 Å². The van der Waals surface area contributed by atoms with Crippen LogP contribution < -0.4 is 5.32 Å². The van der Waals surface area contributed by atoms with Crippen molar-refractivity contribution in [2.45, 2.75) is 13.8 Å². The number of ketones is 1. The van der Waals surface area contributed by atoms with Crippen LogP contribution in [-0.4, -0.2) is 17.8 Å². The fourth-order valence-electron chi connectivity index (χ4n) is 1.65. The number of hydrogen-bond donors (Lipinski definition) is 1. The highest BCUT2D eigenvalue weighted by atomic mass is 32.1. The molecule has 0 atom stereocenters. The van der Waals surface area contributed by atoms with Gasteiger partial charge >= 0.3 is 0 Å². The lowest BCUT2D eigenvalue weighted by Gasteiger charge is -2.00. The smallest absolute Gasteiger partial charge is 0.183 e. The van der Waals surface area contributed by atoms with Gasteiger partial charge in [-0.1, -0.05) is 41.2 Å². The van der Waals surface area contributed by atoms with Crippen molar-refractivity contribution >= 4 is 22.3 Å². The minimum atomic E-state index is -0.000689. The molecule has 0 aliphatic carbocycles. The molecule has 3 nitrogen and oxygen atoms in total. The third-order valence-electron chi connectivity index (χ3n) is 2.45. The van der Waals surface area contributed by atoms with Gasteiger partial charge < -0.3 is 5.32 Å². The molecule has 0 radical (unpaired) electrons. The summed E-state index contributed by atoms with van der Waals surface area (Å²) in [5.41, 5.74) is 2.77. The van der Waals surface area contributed by atoms with E-state index in [1.807, 2.05) is 32.2 Å². The van der Waals surface area contributed by atoms with E-state index < -0.39 is 0 Å². The second kappa shape index (κ2) is 4.67. The van der Waals surface area contributed by atoms with Crippen molar-refractivity contribution in [2.75, 3.05) is 12.4 Å². The van der Waals surface area contributed by atoms with Gasteiger partial charge in [-0.3, -0.25) is 4.79 Å². The molecule has 4 heteroatoms. The Balaban J connectivity index is 2.57. The van der Waals surface area contributed by atoms with Crippen molar-refractivity contribution in [1.82, 2.24) is 4.98 Å². The number of benzene rings is 1. The summed E-state index contributed by atoms with van der Waals surface area (Å²) in [6, 6.07) is 8.11. The van der Waals surface area contributed by atoms with Crippen LogP contribution in [0.4, 0.5) is 5.13 Å². The monoisotopic (exact) mass is 246 g/mol. The second-order valence-electron chi connectivity index (χ2n) is 3.87. The first kappa shape index (κ1) is 11.8. The number of aryl methyl sites for hydroxylation is 1. The normalized spacial score (nSPS) is 10.3. The van der Waals surface area contributed by atoms with Crippen LogP contribution in [0.25, 0.3) is 10.4 Å². The molecule has 2 aromatic rings. The number of thiazole rings is 1. The second-order valence-corrected chi connectivity index (χ2v) is 4.87. The maximum atomic E-state index is 11.6. The fraction of sp³-hybridized carbons (Fsp3) is 0.231. The quantitative estimate of drug-likeness (QED) is 0.844. The average molecular weight is 246 g/mol. The van der Waals surface area contributed by atoms with E-state index in [0.29, 0.717) is 5.69 Å². The van der Waals surface area contributed by atoms with Gasteiger partial charge in [0.25, 0.3) is 0 Å². The van der Waals surface area contributed by atoms with Crippen LogP contribution in [0.2, 0.25) is 0 Å². The van der Waals surface area contributed by atoms with Crippen molar-refractivity contribution < 1.29 is 4.79 Å². The SMILES string of the molecule is CNc1nc(C(C)=O)c(-c2cccc(C)c2)s1. The maximum absolute atomic E-state index is 11.6. The molecule has 0 fully saturated rings. The molecule has 0 spiro atoms. The Morgan fingerprint density at radius 3 is 2.76 bits per heavy atom. The Hall–Kier alpha value is -1.68. The van der Waals surface area contributed by atoms with E-state index in [1.165, 1.54) is 16.9 Å². The summed E-state index contributed by atoms with van der Waals surface area (Å²) in [6.45, 7) is 3.59. The minimum Gasteiger partial charge on any atom is -0.365 e. The first-order valence-corrected chi connectivity index (χ1v) is 6.20. The van der Waals surface area contributed by atoms with Crippen molar-refractivity contribution in [3.8, 4) is 10.4 Å². The topological polar surface area (TPSA) is 42.0 Å². The lowest BCUT2D eigenvalue weighted by Crippen LogP contribution is -1.96. The zero-order chi connectivity index (χ0) is 12.4. The highest BCUT2D eigenvalue weighted by Gasteiger charge is 2.15. The number of rotatable bonds is 3. The number of aromatic nitrogens is 1. The molecule has 0 aliphatic heterocycles. The minimum absolute atomic E-state index is 0.000689. The van der Waals surface area contributed by atoms with Gasteiger partial charge in [-0.05, 0) is 12.5 Å². The zero-order valence-corrected chi connectivity index (χ0v) is 10.9. The maximum Gasteiger partial charge on any atom is 0.183 e. The number of anilines is 1. The summed E-state index contributed by atoms with van der Waals surface area (Å²) in [5.74, 6) is -0.000689. The number of carbonyl (C=O) groups excluding carboxylic acids is 1. The predicted octanol–water partition coefficient (Wildman–Crippen LogP) is 3.36. The molecule has 1 aromatic heterocycles. The van der Waals surface area contributed by atoms with E-state index in [-0.39, 0.29) is 5.78 Å².